The van der Waals surface area contributed by atoms with Crippen LogP contribution in [0.4, 0.5) is 0 Å². The Morgan fingerprint density at radius 3 is 1.17 bits per heavy atom. The lowest BCUT2D eigenvalue weighted by molar-refractivity contribution is -0.163. The van der Waals surface area contributed by atoms with Gasteiger partial charge in [0.1, 0.15) is 6.61 Å². The standard InChI is InChI=1S/C61H106O5/c1-4-7-10-13-16-19-22-25-28-30-32-35-38-41-44-47-50-53-56-64-57-59(66-61(63)55-52-49-46-43-40-37-33-27-24-21-18-15-12-9-6-3)58-65-60(62)54-51-48-45-42-39-36-34-31-29-26-23-20-17-14-11-8-5-2/h8,11,16-17,19-20,25-26,28-29,34,36,42,45,59H,4-7,9-10,12-15,18,21-24,27,30-33,35,37-41,43-44,46-58H2,1-3H3/b11-8-,19-16-,20-17-,28-25-,29-26-,36-34-,45-42-. The summed E-state index contributed by atoms with van der Waals surface area (Å²) in [5.74, 6) is -0.461. The van der Waals surface area contributed by atoms with Gasteiger partial charge in [-0.05, 0) is 89.9 Å². The minimum atomic E-state index is -0.564. The molecule has 1 atom stereocenters. The van der Waals surface area contributed by atoms with Crippen molar-refractivity contribution in [1.82, 2.24) is 0 Å². The molecule has 0 heterocycles. The van der Waals surface area contributed by atoms with Gasteiger partial charge in [0.25, 0.3) is 0 Å². The van der Waals surface area contributed by atoms with Crippen molar-refractivity contribution >= 4 is 11.9 Å². The minimum Gasteiger partial charge on any atom is -0.462 e. The molecule has 5 heteroatoms. The van der Waals surface area contributed by atoms with Gasteiger partial charge in [-0.15, -0.1) is 0 Å². The molecular formula is C61H106O5. The second-order valence-electron chi connectivity index (χ2n) is 18.5. The molecule has 0 N–H and O–H groups in total. The zero-order valence-electron chi connectivity index (χ0n) is 43.7. The molecule has 0 aromatic rings. The van der Waals surface area contributed by atoms with Crippen molar-refractivity contribution in [3.63, 3.8) is 0 Å². The average Bonchev–Trinajstić information content (AvgIpc) is 3.32. The van der Waals surface area contributed by atoms with Crippen LogP contribution in [0.1, 0.15) is 265 Å². The molecule has 0 bridgehead atoms. The van der Waals surface area contributed by atoms with E-state index in [2.05, 4.69) is 106 Å². The third kappa shape index (κ3) is 53.7. The maximum absolute atomic E-state index is 12.8. The van der Waals surface area contributed by atoms with E-state index in [-0.39, 0.29) is 25.2 Å². The van der Waals surface area contributed by atoms with Gasteiger partial charge < -0.3 is 14.2 Å². The summed E-state index contributed by atoms with van der Waals surface area (Å²) in [6.45, 7) is 7.64. The van der Waals surface area contributed by atoms with E-state index in [0.29, 0.717) is 19.4 Å². The summed E-state index contributed by atoms with van der Waals surface area (Å²) in [6.07, 6.45) is 74.6. The Morgan fingerprint density at radius 2 is 0.697 bits per heavy atom. The Morgan fingerprint density at radius 1 is 0.348 bits per heavy atom. The third-order valence-electron chi connectivity index (χ3n) is 11.9. The van der Waals surface area contributed by atoms with Gasteiger partial charge in [0, 0.05) is 19.4 Å². The van der Waals surface area contributed by atoms with Crippen LogP contribution >= 0.6 is 0 Å². The number of hydrogen-bond acceptors (Lipinski definition) is 5. The Bertz CT molecular complexity index is 1220. The van der Waals surface area contributed by atoms with E-state index in [9.17, 15) is 9.59 Å². The van der Waals surface area contributed by atoms with Gasteiger partial charge in [0.05, 0.1) is 6.61 Å². The Kier molecular flexibility index (Phi) is 53.9. The molecule has 0 aliphatic rings. The maximum Gasteiger partial charge on any atom is 0.306 e. The number of unbranched alkanes of at least 4 members (excludes halogenated alkanes) is 26. The highest BCUT2D eigenvalue weighted by atomic mass is 16.6. The van der Waals surface area contributed by atoms with Crippen LogP contribution in [-0.4, -0.2) is 37.9 Å². The van der Waals surface area contributed by atoms with E-state index in [1.165, 1.54) is 154 Å². The van der Waals surface area contributed by atoms with Gasteiger partial charge in [-0.3, -0.25) is 9.59 Å². The van der Waals surface area contributed by atoms with Crippen LogP contribution in [0.15, 0.2) is 85.1 Å². The number of esters is 2. The quantitative estimate of drug-likeness (QED) is 0.0346. The Hall–Kier alpha value is -2.92. The van der Waals surface area contributed by atoms with E-state index in [1.807, 2.05) is 0 Å². The van der Waals surface area contributed by atoms with E-state index in [1.54, 1.807) is 0 Å². The lowest BCUT2D eigenvalue weighted by Crippen LogP contribution is -2.30. The maximum atomic E-state index is 12.8. The Labute approximate surface area is 409 Å². The van der Waals surface area contributed by atoms with E-state index in [0.717, 1.165) is 77.0 Å². The highest BCUT2D eigenvalue weighted by molar-refractivity contribution is 5.70. The molecule has 0 fully saturated rings. The second-order valence-corrected chi connectivity index (χ2v) is 18.5. The summed E-state index contributed by atoms with van der Waals surface area (Å²) in [5.41, 5.74) is 0. The predicted molar refractivity (Wildman–Crippen MR) is 288 cm³/mol. The lowest BCUT2D eigenvalue weighted by atomic mass is 10.0. The van der Waals surface area contributed by atoms with Crippen LogP contribution in [0.2, 0.25) is 0 Å². The first-order valence-corrected chi connectivity index (χ1v) is 28.1. The number of allylic oxidation sites excluding steroid dienone is 14. The van der Waals surface area contributed by atoms with Crippen molar-refractivity contribution in [2.24, 2.45) is 0 Å². The SMILES string of the molecule is CC/C=C\C/C=C\C/C=C\C/C=C\C/C=C\CCCC(=O)OCC(COCCCCCCCCCC/C=C\C/C=C\CCCCC)OC(=O)CCCCCCCCCCCCCCCCC. The molecule has 0 radical (unpaired) electrons. The largest absolute Gasteiger partial charge is 0.462 e. The van der Waals surface area contributed by atoms with Crippen molar-refractivity contribution in [2.75, 3.05) is 19.8 Å². The van der Waals surface area contributed by atoms with Crippen LogP contribution < -0.4 is 0 Å². The third-order valence-corrected chi connectivity index (χ3v) is 11.9. The first kappa shape index (κ1) is 63.1. The number of ether oxygens (including phenoxy) is 3. The van der Waals surface area contributed by atoms with Gasteiger partial charge in [0.2, 0.25) is 0 Å². The van der Waals surface area contributed by atoms with Crippen LogP contribution in [-0.2, 0) is 23.8 Å². The van der Waals surface area contributed by atoms with Crippen LogP contribution in [0.5, 0.6) is 0 Å². The van der Waals surface area contributed by atoms with Gasteiger partial charge in [-0.25, -0.2) is 0 Å². The molecule has 0 rings (SSSR count). The molecule has 1 unspecified atom stereocenters. The van der Waals surface area contributed by atoms with Crippen molar-refractivity contribution in [1.29, 1.82) is 0 Å². The van der Waals surface area contributed by atoms with E-state index >= 15 is 0 Å². The molecule has 0 saturated heterocycles. The van der Waals surface area contributed by atoms with E-state index < -0.39 is 6.10 Å². The molecule has 0 aromatic heterocycles. The van der Waals surface area contributed by atoms with Crippen LogP contribution in [0.25, 0.3) is 0 Å². The van der Waals surface area contributed by atoms with Gasteiger partial charge in [0.15, 0.2) is 6.10 Å². The molecule has 0 amide bonds. The predicted octanol–water partition coefficient (Wildman–Crippen LogP) is 19.2. The number of rotatable bonds is 51. The summed E-state index contributed by atoms with van der Waals surface area (Å²) in [5, 5.41) is 0. The summed E-state index contributed by atoms with van der Waals surface area (Å²) in [4.78, 5) is 25.5. The summed E-state index contributed by atoms with van der Waals surface area (Å²) >= 11 is 0. The van der Waals surface area contributed by atoms with Crippen molar-refractivity contribution in [3.05, 3.63) is 85.1 Å². The fourth-order valence-corrected chi connectivity index (χ4v) is 7.75. The fourth-order valence-electron chi connectivity index (χ4n) is 7.75. The first-order chi connectivity index (χ1) is 32.6. The van der Waals surface area contributed by atoms with Crippen molar-refractivity contribution in [2.45, 2.75) is 271 Å². The zero-order valence-corrected chi connectivity index (χ0v) is 43.7. The molecule has 0 aromatic carbocycles. The van der Waals surface area contributed by atoms with Crippen molar-refractivity contribution in [3.8, 4) is 0 Å². The molecule has 0 saturated carbocycles. The molecule has 0 aliphatic heterocycles. The minimum absolute atomic E-state index is 0.0526. The Balaban J connectivity index is 4.36. The van der Waals surface area contributed by atoms with Gasteiger partial charge in [-0.2, -0.15) is 0 Å². The van der Waals surface area contributed by atoms with Gasteiger partial charge in [-0.1, -0.05) is 247 Å². The molecular weight excluding hydrogens is 813 g/mol. The fraction of sp³-hybridized carbons (Fsp3) is 0.738. The molecule has 66 heavy (non-hydrogen) atoms. The number of hydrogen-bond donors (Lipinski definition) is 0. The zero-order chi connectivity index (χ0) is 47.7. The van der Waals surface area contributed by atoms with Crippen molar-refractivity contribution < 1.29 is 23.8 Å². The summed E-state index contributed by atoms with van der Waals surface area (Å²) < 4.78 is 17.4. The molecule has 380 valence electrons. The molecule has 5 nitrogen and oxygen atoms in total. The average molecular weight is 920 g/mol. The van der Waals surface area contributed by atoms with E-state index in [4.69, 9.17) is 14.2 Å². The highest BCUT2D eigenvalue weighted by Gasteiger charge is 2.17. The van der Waals surface area contributed by atoms with Crippen LogP contribution in [0, 0.1) is 0 Å². The first-order valence-electron chi connectivity index (χ1n) is 28.1. The van der Waals surface area contributed by atoms with Crippen LogP contribution in [0.3, 0.4) is 0 Å². The number of carbonyl (C=O) groups excluding carboxylic acids is 2. The summed E-state index contributed by atoms with van der Waals surface area (Å²) in [7, 11) is 0. The smallest absolute Gasteiger partial charge is 0.306 e. The number of carbonyl (C=O) groups is 2. The lowest BCUT2D eigenvalue weighted by Gasteiger charge is -2.18. The normalized spacial score (nSPS) is 12.8. The topological polar surface area (TPSA) is 61.8 Å². The second kappa shape index (κ2) is 56.4. The van der Waals surface area contributed by atoms with Gasteiger partial charge >= 0.3 is 11.9 Å². The highest BCUT2D eigenvalue weighted by Crippen LogP contribution is 2.15. The monoisotopic (exact) mass is 919 g/mol. The molecule has 0 aliphatic carbocycles. The molecule has 0 spiro atoms. The summed E-state index contributed by atoms with van der Waals surface area (Å²) in [6, 6.07) is 0.